The molecule has 1 heterocycles. The van der Waals surface area contributed by atoms with Crippen molar-refractivity contribution in [2.75, 3.05) is 5.32 Å². The maximum absolute atomic E-state index is 14.5. The Bertz CT molecular complexity index is 1110. The Morgan fingerprint density at radius 2 is 1.90 bits per heavy atom. The molecular weight excluding hydrogens is 395 g/mol. The fraction of sp³-hybridized carbons (Fsp3) is 0.240. The second kappa shape index (κ2) is 9.08. The quantitative estimate of drug-likeness (QED) is 0.501. The van der Waals surface area contributed by atoms with Gasteiger partial charge in [0.2, 0.25) is 0 Å². The average molecular weight is 418 g/mol. The summed E-state index contributed by atoms with van der Waals surface area (Å²) in [6.45, 7) is 1.98. The first kappa shape index (κ1) is 20.7. The second-order valence-electron chi connectivity index (χ2n) is 7.81. The van der Waals surface area contributed by atoms with Crippen LogP contribution in [0.15, 0.2) is 60.8 Å². The molecule has 1 N–H and O–H groups in total. The van der Waals surface area contributed by atoms with E-state index in [0.29, 0.717) is 29.3 Å². The van der Waals surface area contributed by atoms with Gasteiger partial charge in [-0.25, -0.2) is 4.39 Å². The van der Waals surface area contributed by atoms with Crippen molar-refractivity contribution in [1.82, 2.24) is 4.98 Å². The summed E-state index contributed by atoms with van der Waals surface area (Å²) in [6, 6.07) is 14.8. The SMILES string of the molecule is Cc1ccc(C(=O)CC2CC2)cc1NC(=O)c1ccc(OCc2ccccn2)c(F)c1. The summed E-state index contributed by atoms with van der Waals surface area (Å²) in [4.78, 5) is 29.2. The Morgan fingerprint density at radius 1 is 1.10 bits per heavy atom. The smallest absolute Gasteiger partial charge is 0.255 e. The molecule has 1 saturated carbocycles. The number of aryl methyl sites for hydroxylation is 1. The number of hydrogen-bond acceptors (Lipinski definition) is 4. The first-order valence-corrected chi connectivity index (χ1v) is 10.3. The number of halogens is 1. The van der Waals surface area contributed by atoms with Gasteiger partial charge < -0.3 is 10.1 Å². The summed E-state index contributed by atoms with van der Waals surface area (Å²) in [7, 11) is 0. The molecule has 1 aromatic heterocycles. The van der Waals surface area contributed by atoms with Crippen LogP contribution in [0.1, 0.15) is 51.2 Å². The van der Waals surface area contributed by atoms with Gasteiger partial charge in [-0.05, 0) is 67.6 Å². The van der Waals surface area contributed by atoms with E-state index in [1.807, 2.05) is 19.1 Å². The number of nitrogens with one attached hydrogen (secondary N) is 1. The van der Waals surface area contributed by atoms with Gasteiger partial charge in [0.15, 0.2) is 17.3 Å². The molecule has 158 valence electrons. The number of nitrogens with zero attached hydrogens (tertiary/aromatic N) is 1. The number of carbonyl (C=O) groups is 2. The van der Waals surface area contributed by atoms with Crippen LogP contribution in [0.5, 0.6) is 5.75 Å². The van der Waals surface area contributed by atoms with E-state index in [0.717, 1.165) is 24.5 Å². The number of Topliss-reactive ketones (excluding diaryl/α,β-unsaturated/α-hetero) is 1. The third-order valence-electron chi connectivity index (χ3n) is 5.27. The highest BCUT2D eigenvalue weighted by molar-refractivity contribution is 6.05. The van der Waals surface area contributed by atoms with Gasteiger partial charge in [-0.1, -0.05) is 18.2 Å². The first-order valence-electron chi connectivity index (χ1n) is 10.3. The normalized spacial score (nSPS) is 13.0. The maximum Gasteiger partial charge on any atom is 0.255 e. The molecule has 6 heteroatoms. The molecule has 1 aliphatic rings. The first-order chi connectivity index (χ1) is 15.0. The summed E-state index contributed by atoms with van der Waals surface area (Å²) in [5, 5.41) is 2.79. The number of benzene rings is 2. The minimum absolute atomic E-state index is 0.0473. The van der Waals surface area contributed by atoms with E-state index >= 15 is 0 Å². The van der Waals surface area contributed by atoms with Gasteiger partial charge >= 0.3 is 0 Å². The molecule has 1 aliphatic carbocycles. The Kier molecular flexibility index (Phi) is 6.07. The minimum atomic E-state index is -0.631. The molecular formula is C25H23FN2O3. The lowest BCUT2D eigenvalue weighted by atomic mass is 10.0. The lowest BCUT2D eigenvalue weighted by Gasteiger charge is -2.12. The fourth-order valence-corrected chi connectivity index (χ4v) is 3.22. The Balaban J connectivity index is 1.43. The van der Waals surface area contributed by atoms with E-state index in [1.54, 1.807) is 30.5 Å². The van der Waals surface area contributed by atoms with Gasteiger partial charge in [-0.2, -0.15) is 0 Å². The molecule has 1 amide bonds. The summed E-state index contributed by atoms with van der Waals surface area (Å²) >= 11 is 0. The van der Waals surface area contributed by atoms with Crippen LogP contribution >= 0.6 is 0 Å². The van der Waals surface area contributed by atoms with Gasteiger partial charge in [0.25, 0.3) is 5.91 Å². The van der Waals surface area contributed by atoms with Gasteiger partial charge in [0, 0.05) is 29.4 Å². The van der Waals surface area contributed by atoms with E-state index in [4.69, 9.17) is 4.74 Å². The van der Waals surface area contributed by atoms with Crippen LogP contribution in [-0.4, -0.2) is 16.7 Å². The van der Waals surface area contributed by atoms with Crippen LogP contribution < -0.4 is 10.1 Å². The van der Waals surface area contributed by atoms with Crippen molar-refractivity contribution in [2.24, 2.45) is 5.92 Å². The van der Waals surface area contributed by atoms with Crippen molar-refractivity contribution < 1.29 is 18.7 Å². The van der Waals surface area contributed by atoms with Crippen LogP contribution in [0.4, 0.5) is 10.1 Å². The monoisotopic (exact) mass is 418 g/mol. The number of amides is 1. The lowest BCUT2D eigenvalue weighted by molar-refractivity contribution is 0.0974. The van der Waals surface area contributed by atoms with Crippen molar-refractivity contribution in [3.05, 3.63) is 89.0 Å². The van der Waals surface area contributed by atoms with Crippen LogP contribution in [0.25, 0.3) is 0 Å². The predicted octanol–water partition coefficient (Wildman–Crippen LogP) is 5.34. The van der Waals surface area contributed by atoms with Gasteiger partial charge in [-0.15, -0.1) is 0 Å². The molecule has 0 spiro atoms. The van der Waals surface area contributed by atoms with Crippen LogP contribution in [0.2, 0.25) is 0 Å². The number of hydrogen-bond donors (Lipinski definition) is 1. The number of rotatable bonds is 8. The second-order valence-corrected chi connectivity index (χ2v) is 7.81. The molecule has 4 rings (SSSR count). The van der Waals surface area contributed by atoms with E-state index in [1.165, 1.54) is 12.1 Å². The molecule has 0 atom stereocenters. The van der Waals surface area contributed by atoms with Crippen LogP contribution in [-0.2, 0) is 6.61 Å². The van der Waals surface area contributed by atoms with Crippen molar-refractivity contribution in [3.8, 4) is 5.75 Å². The molecule has 2 aromatic carbocycles. The third-order valence-corrected chi connectivity index (χ3v) is 5.27. The Morgan fingerprint density at radius 3 is 2.61 bits per heavy atom. The molecule has 3 aromatic rings. The molecule has 0 radical (unpaired) electrons. The third kappa shape index (κ3) is 5.34. The van der Waals surface area contributed by atoms with Crippen LogP contribution in [0.3, 0.4) is 0 Å². The number of ether oxygens (including phenoxy) is 1. The van der Waals surface area contributed by atoms with Gasteiger partial charge in [0.1, 0.15) is 6.61 Å². The molecule has 1 fully saturated rings. The standard InChI is InChI=1S/C25H23FN2O3/c1-16-5-8-18(23(29)12-17-6-7-17)14-22(16)28-25(30)19-9-10-24(21(26)13-19)31-15-20-4-2-3-11-27-20/h2-5,8-11,13-14,17H,6-7,12,15H2,1H3,(H,28,30). The highest BCUT2D eigenvalue weighted by Gasteiger charge is 2.25. The van der Waals surface area contributed by atoms with Crippen molar-refractivity contribution in [1.29, 1.82) is 0 Å². The minimum Gasteiger partial charge on any atom is -0.484 e. The molecule has 0 bridgehead atoms. The zero-order chi connectivity index (χ0) is 21.8. The summed E-state index contributed by atoms with van der Waals surface area (Å²) in [5.41, 5.74) is 2.79. The van der Waals surface area contributed by atoms with E-state index in [9.17, 15) is 14.0 Å². The average Bonchev–Trinajstić information content (AvgIpc) is 3.59. The van der Waals surface area contributed by atoms with E-state index in [2.05, 4.69) is 10.3 Å². The van der Waals surface area contributed by atoms with Crippen LogP contribution in [0, 0.1) is 18.7 Å². The number of pyridine rings is 1. The number of anilines is 1. The highest BCUT2D eigenvalue weighted by atomic mass is 19.1. The molecule has 5 nitrogen and oxygen atoms in total. The topological polar surface area (TPSA) is 68.3 Å². The summed E-state index contributed by atoms with van der Waals surface area (Å²) < 4.78 is 19.9. The van der Waals surface area contributed by atoms with E-state index < -0.39 is 11.7 Å². The summed E-state index contributed by atoms with van der Waals surface area (Å²) in [6.07, 6.45) is 4.39. The summed E-state index contributed by atoms with van der Waals surface area (Å²) in [5.74, 6) is -0.462. The lowest BCUT2D eigenvalue weighted by Crippen LogP contribution is -2.14. The number of ketones is 1. The predicted molar refractivity (Wildman–Crippen MR) is 116 cm³/mol. The zero-order valence-electron chi connectivity index (χ0n) is 17.2. The molecule has 0 saturated heterocycles. The van der Waals surface area contributed by atoms with Gasteiger partial charge in [-0.3, -0.25) is 14.6 Å². The number of carbonyl (C=O) groups excluding carboxylic acids is 2. The molecule has 31 heavy (non-hydrogen) atoms. The molecule has 0 unspecified atom stereocenters. The van der Waals surface area contributed by atoms with Crippen molar-refractivity contribution in [2.45, 2.75) is 32.8 Å². The zero-order valence-corrected chi connectivity index (χ0v) is 17.2. The number of aromatic nitrogens is 1. The van der Waals surface area contributed by atoms with Gasteiger partial charge in [0.05, 0.1) is 5.69 Å². The van der Waals surface area contributed by atoms with Crippen molar-refractivity contribution >= 4 is 17.4 Å². The van der Waals surface area contributed by atoms with E-state index in [-0.39, 0.29) is 23.7 Å². The Labute approximate surface area is 180 Å². The maximum atomic E-state index is 14.5. The molecule has 0 aliphatic heterocycles. The van der Waals surface area contributed by atoms with Crippen molar-refractivity contribution in [3.63, 3.8) is 0 Å². The largest absolute Gasteiger partial charge is 0.484 e. The highest BCUT2D eigenvalue weighted by Crippen LogP contribution is 2.34. The fourth-order valence-electron chi connectivity index (χ4n) is 3.22. The Hall–Kier alpha value is -3.54.